The molecule has 1 fully saturated rings. The number of alkyl halides is 3. The van der Waals surface area contributed by atoms with E-state index < -0.39 is 18.8 Å². The molecule has 8 heteroatoms. The van der Waals surface area contributed by atoms with Crippen molar-refractivity contribution in [1.82, 2.24) is 15.2 Å². The number of nitrogens with zero attached hydrogens (tertiary/aromatic N) is 1. The third-order valence-electron chi connectivity index (χ3n) is 3.82. The molecule has 2 heterocycles. The summed E-state index contributed by atoms with van der Waals surface area (Å²) in [5, 5.41) is 6.40. The summed E-state index contributed by atoms with van der Waals surface area (Å²) in [6.07, 6.45) is -1.88. The first-order valence-corrected chi connectivity index (χ1v) is 7.33. The minimum atomic E-state index is -4.21. The quantitative estimate of drug-likeness (QED) is 0.812. The Morgan fingerprint density at radius 3 is 2.96 bits per heavy atom. The topological polar surface area (TPSA) is 60.2 Å². The van der Waals surface area contributed by atoms with Gasteiger partial charge in [0.25, 0.3) is 0 Å². The number of benzene rings is 1. The van der Waals surface area contributed by atoms with Gasteiger partial charge >= 0.3 is 12.2 Å². The number of H-pyrrole nitrogens is 1. The number of amides is 2. The van der Waals surface area contributed by atoms with Gasteiger partial charge in [0.1, 0.15) is 0 Å². The Morgan fingerprint density at radius 1 is 1.35 bits per heavy atom. The molecule has 1 unspecified atom stereocenters. The number of aromatic amines is 1. The number of nitrogens with one attached hydrogen (secondary N) is 3. The van der Waals surface area contributed by atoms with E-state index in [4.69, 9.17) is 0 Å². The van der Waals surface area contributed by atoms with Gasteiger partial charge in [-0.15, -0.1) is 0 Å². The van der Waals surface area contributed by atoms with Crippen LogP contribution in [0.4, 0.5) is 23.7 Å². The molecule has 1 aromatic heterocycles. The van der Waals surface area contributed by atoms with Crippen molar-refractivity contribution in [3.8, 4) is 0 Å². The van der Waals surface area contributed by atoms with E-state index in [9.17, 15) is 18.0 Å². The lowest BCUT2D eigenvalue weighted by Crippen LogP contribution is -2.41. The van der Waals surface area contributed by atoms with Crippen molar-refractivity contribution < 1.29 is 18.0 Å². The average Bonchev–Trinajstić information content (AvgIpc) is 3.05. The maximum Gasteiger partial charge on any atom is 0.401 e. The number of carbonyl (C=O) groups excluding carboxylic acids is 1. The lowest BCUT2D eigenvalue weighted by molar-refractivity contribution is -0.143. The zero-order valence-corrected chi connectivity index (χ0v) is 12.3. The first-order valence-electron chi connectivity index (χ1n) is 7.33. The maximum absolute atomic E-state index is 12.3. The first-order chi connectivity index (χ1) is 10.9. The molecule has 1 aliphatic heterocycles. The van der Waals surface area contributed by atoms with Crippen LogP contribution in [0.3, 0.4) is 0 Å². The molecular weight excluding hydrogens is 309 g/mol. The highest BCUT2D eigenvalue weighted by Crippen LogP contribution is 2.20. The SMILES string of the molecule is O=C(Nc1ccc2[nH]ccc2c1)NC1CCN(CC(F)(F)F)C1. The van der Waals surface area contributed by atoms with Gasteiger partial charge in [-0.25, -0.2) is 4.79 Å². The van der Waals surface area contributed by atoms with Crippen LogP contribution >= 0.6 is 0 Å². The fourth-order valence-electron chi connectivity index (χ4n) is 2.83. The molecule has 1 saturated heterocycles. The van der Waals surface area contributed by atoms with Crippen molar-refractivity contribution in [3.05, 3.63) is 30.5 Å². The summed E-state index contributed by atoms with van der Waals surface area (Å²) in [4.78, 5) is 16.3. The monoisotopic (exact) mass is 326 g/mol. The number of likely N-dealkylation sites (tertiary alicyclic amines) is 1. The van der Waals surface area contributed by atoms with Crippen molar-refractivity contribution in [2.24, 2.45) is 0 Å². The van der Waals surface area contributed by atoms with E-state index >= 15 is 0 Å². The van der Waals surface area contributed by atoms with Crippen molar-refractivity contribution in [3.63, 3.8) is 0 Å². The van der Waals surface area contributed by atoms with Crippen LogP contribution in [0.5, 0.6) is 0 Å². The number of rotatable bonds is 3. The Hall–Kier alpha value is -2.22. The van der Waals surface area contributed by atoms with Gasteiger partial charge in [-0.3, -0.25) is 4.90 Å². The molecule has 0 spiro atoms. The highest BCUT2D eigenvalue weighted by atomic mass is 19.4. The smallest absolute Gasteiger partial charge is 0.361 e. The van der Waals surface area contributed by atoms with Gasteiger partial charge in [0.15, 0.2) is 0 Å². The van der Waals surface area contributed by atoms with Crippen molar-refractivity contribution in [1.29, 1.82) is 0 Å². The van der Waals surface area contributed by atoms with Crippen LogP contribution in [-0.2, 0) is 0 Å². The third-order valence-corrected chi connectivity index (χ3v) is 3.82. The van der Waals surface area contributed by atoms with Gasteiger partial charge in [-0.1, -0.05) is 0 Å². The predicted octanol–water partition coefficient (Wildman–Crippen LogP) is 2.93. The standard InChI is InChI=1S/C15H17F3N4O/c16-15(17,18)9-22-6-4-12(8-22)21-14(23)20-11-1-2-13-10(7-11)3-5-19-13/h1-3,5,7,12,19H,4,6,8-9H2,(H2,20,21,23). The van der Waals surface area contributed by atoms with Crippen LogP contribution in [-0.4, -0.2) is 47.8 Å². The molecule has 0 aliphatic carbocycles. The van der Waals surface area contributed by atoms with Gasteiger partial charge in [0.2, 0.25) is 0 Å². The summed E-state index contributed by atoms with van der Waals surface area (Å²) in [5.41, 5.74) is 1.61. The highest BCUT2D eigenvalue weighted by molar-refractivity contribution is 5.92. The second-order valence-corrected chi connectivity index (χ2v) is 5.71. The second-order valence-electron chi connectivity index (χ2n) is 5.71. The normalized spacial score (nSPS) is 19.2. The Balaban J connectivity index is 1.51. The lowest BCUT2D eigenvalue weighted by Gasteiger charge is -2.18. The van der Waals surface area contributed by atoms with Crippen molar-refractivity contribution in [2.45, 2.75) is 18.6 Å². The summed E-state index contributed by atoms with van der Waals surface area (Å²) in [6, 6.07) is 6.67. The number of carbonyl (C=O) groups is 1. The Bertz CT molecular complexity index is 697. The Kier molecular flexibility index (Phi) is 4.16. The summed E-state index contributed by atoms with van der Waals surface area (Å²) in [7, 11) is 0. The number of halogens is 3. The van der Waals surface area contributed by atoms with Crippen LogP contribution in [0.1, 0.15) is 6.42 Å². The zero-order chi connectivity index (χ0) is 16.4. The molecule has 2 aromatic rings. The van der Waals surface area contributed by atoms with E-state index in [-0.39, 0.29) is 12.6 Å². The number of anilines is 1. The molecule has 5 nitrogen and oxygen atoms in total. The van der Waals surface area contributed by atoms with Crippen molar-refractivity contribution in [2.75, 3.05) is 25.0 Å². The van der Waals surface area contributed by atoms with Gasteiger partial charge in [-0.05, 0) is 30.7 Å². The van der Waals surface area contributed by atoms with Crippen molar-refractivity contribution >= 4 is 22.6 Å². The highest BCUT2D eigenvalue weighted by Gasteiger charge is 2.34. The molecule has 1 aromatic carbocycles. The molecule has 3 rings (SSSR count). The molecule has 1 aliphatic rings. The Labute approximate surface area is 130 Å². The van der Waals surface area contributed by atoms with E-state index in [2.05, 4.69) is 15.6 Å². The van der Waals surface area contributed by atoms with Crippen LogP contribution < -0.4 is 10.6 Å². The van der Waals surface area contributed by atoms with Crippen LogP contribution in [0.2, 0.25) is 0 Å². The number of aromatic nitrogens is 1. The molecule has 3 N–H and O–H groups in total. The zero-order valence-electron chi connectivity index (χ0n) is 12.3. The number of fused-ring (bicyclic) bond motifs is 1. The minimum Gasteiger partial charge on any atom is -0.361 e. The number of hydrogen-bond acceptors (Lipinski definition) is 2. The van der Waals surface area contributed by atoms with E-state index in [0.29, 0.717) is 18.7 Å². The molecule has 124 valence electrons. The van der Waals surface area contributed by atoms with E-state index in [0.717, 1.165) is 10.9 Å². The average molecular weight is 326 g/mol. The fraction of sp³-hybridized carbons (Fsp3) is 0.400. The minimum absolute atomic E-state index is 0.212. The third kappa shape index (κ3) is 4.16. The summed E-state index contributed by atoms with van der Waals surface area (Å²) >= 11 is 0. The summed E-state index contributed by atoms with van der Waals surface area (Å²) in [6.45, 7) is -0.388. The fourth-order valence-corrected chi connectivity index (χ4v) is 2.83. The van der Waals surface area contributed by atoms with Gasteiger partial charge in [0, 0.05) is 41.9 Å². The van der Waals surface area contributed by atoms with Gasteiger partial charge in [0.05, 0.1) is 6.54 Å². The molecule has 0 saturated carbocycles. The van der Waals surface area contributed by atoms with E-state index in [1.165, 1.54) is 4.90 Å². The number of hydrogen-bond donors (Lipinski definition) is 3. The second kappa shape index (κ2) is 6.11. The molecule has 0 radical (unpaired) electrons. The molecule has 0 bridgehead atoms. The van der Waals surface area contributed by atoms with Gasteiger partial charge in [-0.2, -0.15) is 13.2 Å². The summed E-state index contributed by atoms with van der Waals surface area (Å²) < 4.78 is 37.0. The van der Waals surface area contributed by atoms with Crippen LogP contribution in [0.15, 0.2) is 30.5 Å². The van der Waals surface area contributed by atoms with E-state index in [1.54, 1.807) is 6.07 Å². The number of urea groups is 1. The summed E-state index contributed by atoms with van der Waals surface area (Å²) in [5.74, 6) is 0. The largest absolute Gasteiger partial charge is 0.401 e. The predicted molar refractivity (Wildman–Crippen MR) is 81.4 cm³/mol. The van der Waals surface area contributed by atoms with E-state index in [1.807, 2.05) is 24.4 Å². The van der Waals surface area contributed by atoms with Crippen LogP contribution in [0, 0.1) is 0 Å². The molecular formula is C15H17F3N4O. The lowest BCUT2D eigenvalue weighted by atomic mass is 10.2. The molecule has 2 amide bonds. The first kappa shape index (κ1) is 15.7. The van der Waals surface area contributed by atoms with Crippen LogP contribution in [0.25, 0.3) is 10.9 Å². The van der Waals surface area contributed by atoms with Gasteiger partial charge < -0.3 is 15.6 Å². The maximum atomic E-state index is 12.3. The Morgan fingerprint density at radius 2 is 2.17 bits per heavy atom. The molecule has 1 atom stereocenters. The molecule has 23 heavy (non-hydrogen) atoms.